The average molecular weight is 349 g/mol. The van der Waals surface area contributed by atoms with Crippen molar-refractivity contribution < 1.29 is 18.4 Å². The van der Waals surface area contributed by atoms with Gasteiger partial charge in [-0.3, -0.25) is 9.59 Å². The van der Waals surface area contributed by atoms with Crippen LogP contribution in [0.3, 0.4) is 0 Å². The molecule has 0 saturated heterocycles. The van der Waals surface area contributed by atoms with Crippen molar-refractivity contribution in [2.75, 3.05) is 6.54 Å². The minimum absolute atomic E-state index is 0. The molecule has 1 aromatic rings. The largest absolute Gasteiger partial charge is 0.352 e. The average Bonchev–Trinajstić information content (AvgIpc) is 2.51. The maximum absolute atomic E-state index is 13.1. The minimum Gasteiger partial charge on any atom is -0.352 e. The van der Waals surface area contributed by atoms with E-state index in [1.807, 2.05) is 0 Å². The van der Waals surface area contributed by atoms with Gasteiger partial charge in [-0.05, 0) is 24.6 Å². The van der Waals surface area contributed by atoms with E-state index in [-0.39, 0.29) is 42.8 Å². The van der Waals surface area contributed by atoms with Gasteiger partial charge in [-0.15, -0.1) is 12.4 Å². The quantitative estimate of drug-likeness (QED) is 0.674. The van der Waals surface area contributed by atoms with Gasteiger partial charge in [0, 0.05) is 31.0 Å². The lowest BCUT2D eigenvalue weighted by Gasteiger charge is -2.16. The van der Waals surface area contributed by atoms with Crippen LogP contribution in [-0.2, 0) is 4.79 Å². The summed E-state index contributed by atoms with van der Waals surface area (Å²) in [5.74, 6) is -2.73. The van der Waals surface area contributed by atoms with Crippen molar-refractivity contribution in [3.05, 3.63) is 35.4 Å². The molecule has 0 heterocycles. The molecule has 0 saturated carbocycles. The van der Waals surface area contributed by atoms with Crippen LogP contribution >= 0.6 is 12.4 Å². The molecule has 1 atom stereocenters. The molecule has 0 bridgehead atoms. The van der Waals surface area contributed by atoms with E-state index in [1.165, 1.54) is 6.07 Å². The molecular weight excluding hydrogens is 326 g/mol. The van der Waals surface area contributed by atoms with Gasteiger partial charge in [-0.1, -0.05) is 19.8 Å². The normalized spacial score (nSPS) is 11.5. The molecule has 0 radical (unpaired) electrons. The summed E-state index contributed by atoms with van der Waals surface area (Å²) in [5, 5.41) is 2.78. The summed E-state index contributed by atoms with van der Waals surface area (Å²) in [4.78, 5) is 23.6. The highest BCUT2D eigenvalue weighted by Crippen LogP contribution is 2.11. The highest BCUT2D eigenvalue weighted by molar-refractivity contribution is 5.97. The molecule has 23 heavy (non-hydrogen) atoms. The number of ketones is 1. The molecule has 0 aliphatic carbocycles. The molecule has 0 aromatic heterocycles. The first-order valence-electron chi connectivity index (χ1n) is 7.45. The molecule has 0 aliphatic rings. The Bertz CT molecular complexity index is 527. The molecule has 4 nitrogen and oxygen atoms in total. The fourth-order valence-electron chi connectivity index (χ4n) is 2.04. The number of halogens is 3. The van der Waals surface area contributed by atoms with Gasteiger partial charge in [-0.2, -0.15) is 0 Å². The Morgan fingerprint density at radius 1 is 1.22 bits per heavy atom. The molecule has 0 fully saturated rings. The summed E-state index contributed by atoms with van der Waals surface area (Å²) in [6.07, 6.45) is 2.73. The first-order chi connectivity index (χ1) is 10.5. The first kappa shape index (κ1) is 21.5. The zero-order chi connectivity index (χ0) is 16.5. The smallest absolute Gasteiger partial charge is 0.220 e. The van der Waals surface area contributed by atoms with Gasteiger partial charge in [-0.25, -0.2) is 8.78 Å². The molecular formula is C16H23ClF2N2O2. The summed E-state index contributed by atoms with van der Waals surface area (Å²) in [6.45, 7) is 2.40. The summed E-state index contributed by atoms with van der Waals surface area (Å²) in [7, 11) is 0. The highest BCUT2D eigenvalue weighted by Gasteiger charge is 2.14. The highest BCUT2D eigenvalue weighted by atomic mass is 35.5. The third-order valence-corrected chi connectivity index (χ3v) is 3.38. The second-order valence-electron chi connectivity index (χ2n) is 5.19. The van der Waals surface area contributed by atoms with E-state index < -0.39 is 17.4 Å². The number of Topliss-reactive ketones (excluding diaryl/α,β-unsaturated/α-hetero) is 1. The van der Waals surface area contributed by atoms with Crippen LogP contribution in [0, 0.1) is 11.6 Å². The fraction of sp³-hybridized carbons (Fsp3) is 0.500. The second-order valence-corrected chi connectivity index (χ2v) is 5.19. The number of carbonyl (C=O) groups is 2. The van der Waals surface area contributed by atoms with E-state index in [2.05, 4.69) is 12.2 Å². The van der Waals surface area contributed by atoms with Crippen LogP contribution in [-0.4, -0.2) is 24.3 Å². The number of carbonyl (C=O) groups excluding carboxylic acids is 2. The Labute approximate surface area is 141 Å². The minimum atomic E-state index is -1.07. The number of unbranched alkanes of at least 4 members (excludes halogenated alkanes) is 1. The van der Waals surface area contributed by atoms with E-state index in [1.54, 1.807) is 0 Å². The van der Waals surface area contributed by atoms with Crippen molar-refractivity contribution >= 4 is 24.1 Å². The van der Waals surface area contributed by atoms with Gasteiger partial charge in [0.25, 0.3) is 0 Å². The van der Waals surface area contributed by atoms with Crippen LogP contribution in [0.1, 0.15) is 49.4 Å². The standard InChI is InChI=1S/C16H22F2N2O2.ClH/c1-2-3-4-12(10-19)20-16(22)8-7-15(21)11-5-6-13(17)14(18)9-11;/h5-6,9,12H,2-4,7-8,10,19H2,1H3,(H,20,22);1H. The lowest BCUT2D eigenvalue weighted by molar-refractivity contribution is -0.121. The van der Waals surface area contributed by atoms with Crippen LogP contribution in [0.15, 0.2) is 18.2 Å². The second kappa shape index (κ2) is 11.1. The third-order valence-electron chi connectivity index (χ3n) is 3.38. The molecule has 130 valence electrons. The van der Waals surface area contributed by atoms with Gasteiger partial charge in [0.1, 0.15) is 0 Å². The molecule has 1 amide bonds. The number of hydrogen-bond acceptors (Lipinski definition) is 3. The van der Waals surface area contributed by atoms with Crippen molar-refractivity contribution in [2.24, 2.45) is 5.73 Å². The number of nitrogens with two attached hydrogens (primary N) is 1. The maximum Gasteiger partial charge on any atom is 0.220 e. The van der Waals surface area contributed by atoms with Gasteiger partial charge in [0.2, 0.25) is 5.91 Å². The van der Waals surface area contributed by atoms with Gasteiger partial charge < -0.3 is 11.1 Å². The zero-order valence-electron chi connectivity index (χ0n) is 13.1. The van der Waals surface area contributed by atoms with Gasteiger partial charge >= 0.3 is 0 Å². The van der Waals surface area contributed by atoms with Crippen LogP contribution in [0.5, 0.6) is 0 Å². The third kappa shape index (κ3) is 7.52. The van der Waals surface area contributed by atoms with E-state index in [9.17, 15) is 18.4 Å². The Morgan fingerprint density at radius 3 is 2.48 bits per heavy atom. The topological polar surface area (TPSA) is 72.2 Å². The molecule has 1 aromatic carbocycles. The van der Waals surface area contributed by atoms with E-state index in [0.717, 1.165) is 31.4 Å². The molecule has 7 heteroatoms. The van der Waals surface area contributed by atoms with Crippen LogP contribution in [0.2, 0.25) is 0 Å². The van der Waals surface area contributed by atoms with Crippen LogP contribution in [0.4, 0.5) is 8.78 Å². The Kier molecular flexibility index (Phi) is 10.3. The number of nitrogens with one attached hydrogen (secondary N) is 1. The zero-order valence-corrected chi connectivity index (χ0v) is 13.9. The molecule has 0 spiro atoms. The van der Waals surface area contributed by atoms with Crippen LogP contribution in [0.25, 0.3) is 0 Å². The molecule has 1 unspecified atom stereocenters. The summed E-state index contributed by atoms with van der Waals surface area (Å²) in [6, 6.07) is 2.87. The number of benzene rings is 1. The number of hydrogen-bond donors (Lipinski definition) is 2. The Morgan fingerprint density at radius 2 is 1.91 bits per heavy atom. The van der Waals surface area contributed by atoms with Gasteiger partial charge in [0.15, 0.2) is 17.4 Å². The maximum atomic E-state index is 13.1. The van der Waals surface area contributed by atoms with Gasteiger partial charge in [0.05, 0.1) is 0 Å². The summed E-state index contributed by atoms with van der Waals surface area (Å²) >= 11 is 0. The summed E-state index contributed by atoms with van der Waals surface area (Å²) in [5.41, 5.74) is 5.64. The molecule has 3 N–H and O–H groups in total. The summed E-state index contributed by atoms with van der Waals surface area (Å²) < 4.78 is 25.9. The van der Waals surface area contributed by atoms with E-state index in [4.69, 9.17) is 5.73 Å². The fourth-order valence-corrected chi connectivity index (χ4v) is 2.04. The number of rotatable bonds is 9. The lowest BCUT2D eigenvalue weighted by Crippen LogP contribution is -2.40. The Hall–Kier alpha value is -1.53. The lowest BCUT2D eigenvalue weighted by atomic mass is 10.1. The van der Waals surface area contributed by atoms with Crippen molar-refractivity contribution in [1.29, 1.82) is 0 Å². The SMILES string of the molecule is CCCCC(CN)NC(=O)CCC(=O)c1ccc(F)c(F)c1.Cl. The van der Waals surface area contributed by atoms with Crippen molar-refractivity contribution in [3.63, 3.8) is 0 Å². The molecule has 1 rings (SSSR count). The van der Waals surface area contributed by atoms with E-state index in [0.29, 0.717) is 6.54 Å². The number of amides is 1. The van der Waals surface area contributed by atoms with Crippen molar-refractivity contribution in [1.82, 2.24) is 5.32 Å². The van der Waals surface area contributed by atoms with Crippen molar-refractivity contribution in [2.45, 2.75) is 45.1 Å². The van der Waals surface area contributed by atoms with Crippen molar-refractivity contribution in [3.8, 4) is 0 Å². The van der Waals surface area contributed by atoms with E-state index >= 15 is 0 Å². The predicted octanol–water partition coefficient (Wildman–Crippen LogP) is 2.98. The predicted molar refractivity (Wildman–Crippen MR) is 87.7 cm³/mol. The van der Waals surface area contributed by atoms with Crippen LogP contribution < -0.4 is 11.1 Å². The Balaban J connectivity index is 0.00000484. The first-order valence-corrected chi connectivity index (χ1v) is 7.45. The monoisotopic (exact) mass is 348 g/mol. The molecule has 0 aliphatic heterocycles.